The number of nitrogens with zero attached hydrogens (tertiary/aromatic N) is 2. The van der Waals surface area contributed by atoms with Crippen LogP contribution in [0.25, 0.3) is 21.8 Å². The van der Waals surface area contributed by atoms with E-state index in [1.165, 1.54) is 0 Å². The van der Waals surface area contributed by atoms with Gasteiger partial charge in [-0.15, -0.1) is 0 Å². The number of esters is 1. The third-order valence-corrected chi connectivity index (χ3v) is 5.69. The molecule has 0 saturated heterocycles. The van der Waals surface area contributed by atoms with Crippen molar-refractivity contribution in [2.24, 2.45) is 0 Å². The lowest BCUT2D eigenvalue weighted by molar-refractivity contribution is -0.140. The molecular weight excluding hydrogens is 390 g/mol. The Kier molecular flexibility index (Phi) is 4.92. The van der Waals surface area contributed by atoms with Crippen LogP contribution < -0.4 is 5.32 Å². The highest BCUT2D eigenvalue weighted by Gasteiger charge is 2.35. The molecule has 0 fully saturated rings. The van der Waals surface area contributed by atoms with E-state index in [0.29, 0.717) is 18.1 Å². The molecule has 1 aromatic heterocycles. The molecule has 0 bridgehead atoms. The molecule has 1 aliphatic rings. The first-order chi connectivity index (χ1) is 15.2. The minimum Gasteiger partial charge on any atom is -0.460 e. The van der Waals surface area contributed by atoms with Crippen LogP contribution in [0, 0.1) is 0 Å². The number of hydrogen-bond acceptors (Lipinski definition) is 5. The highest BCUT2D eigenvalue weighted by Crippen LogP contribution is 2.41. The van der Waals surface area contributed by atoms with E-state index in [9.17, 15) is 4.79 Å². The summed E-state index contributed by atoms with van der Waals surface area (Å²) in [5.41, 5.74) is 4.17. The molecule has 1 unspecified atom stereocenters. The number of ether oxygens (including phenoxy) is 2. The Morgan fingerprint density at radius 2 is 1.81 bits per heavy atom. The van der Waals surface area contributed by atoms with Crippen LogP contribution in [-0.4, -0.2) is 35.8 Å². The quantitative estimate of drug-likeness (QED) is 0.381. The lowest BCUT2D eigenvalue weighted by Gasteiger charge is -2.31. The van der Waals surface area contributed by atoms with E-state index in [1.54, 1.807) is 7.11 Å². The second-order valence-corrected chi connectivity index (χ2v) is 7.56. The third-order valence-electron chi connectivity index (χ3n) is 5.69. The van der Waals surface area contributed by atoms with Crippen molar-refractivity contribution in [3.63, 3.8) is 0 Å². The van der Waals surface area contributed by atoms with Crippen molar-refractivity contribution < 1.29 is 14.3 Å². The molecule has 0 spiro atoms. The molecule has 156 valence electrons. The van der Waals surface area contributed by atoms with Crippen molar-refractivity contribution in [3.05, 3.63) is 83.6 Å². The van der Waals surface area contributed by atoms with Crippen LogP contribution in [0.15, 0.2) is 78.0 Å². The van der Waals surface area contributed by atoms with Crippen LogP contribution in [0.5, 0.6) is 0 Å². The van der Waals surface area contributed by atoms with Gasteiger partial charge in [0.25, 0.3) is 0 Å². The Bertz CT molecular complexity index is 1320. The second kappa shape index (κ2) is 7.89. The molecule has 2 heterocycles. The van der Waals surface area contributed by atoms with Gasteiger partial charge < -0.3 is 14.8 Å². The molecule has 1 atom stereocenters. The number of anilines is 1. The predicted molar refractivity (Wildman–Crippen MR) is 121 cm³/mol. The average Bonchev–Trinajstić information content (AvgIpc) is 3.15. The van der Waals surface area contributed by atoms with E-state index in [0.717, 1.165) is 33.1 Å². The van der Waals surface area contributed by atoms with Crippen molar-refractivity contribution in [1.29, 1.82) is 0 Å². The fraction of sp³-hybridized carbons (Fsp3) is 0.200. The summed E-state index contributed by atoms with van der Waals surface area (Å²) in [6.45, 7) is 2.45. The van der Waals surface area contributed by atoms with Gasteiger partial charge in [0, 0.05) is 12.8 Å². The molecule has 5 rings (SSSR count). The number of methoxy groups -OCH3 is 1. The summed E-state index contributed by atoms with van der Waals surface area (Å²) in [4.78, 5) is 18.0. The lowest BCUT2D eigenvalue weighted by atomic mass is 9.91. The standard InChI is InChI=1S/C25H23N3O3/c1-16-22(24(29)31-15-14-30-2)23(19-11-7-9-17-8-3-4-10-18(17)19)28-21-13-6-5-12-20(21)27-25(28)26-16/h3-13,23H,14-15H2,1-2H3,(H,26,27). The molecule has 4 aromatic rings. The van der Waals surface area contributed by atoms with Gasteiger partial charge >= 0.3 is 5.97 Å². The Morgan fingerprint density at radius 1 is 1.03 bits per heavy atom. The molecule has 1 N–H and O–H groups in total. The minimum atomic E-state index is -0.371. The maximum Gasteiger partial charge on any atom is 0.338 e. The molecule has 0 amide bonds. The van der Waals surface area contributed by atoms with Gasteiger partial charge in [0.1, 0.15) is 6.61 Å². The normalized spacial score (nSPS) is 15.7. The molecule has 0 radical (unpaired) electrons. The van der Waals surface area contributed by atoms with Crippen LogP contribution in [0.1, 0.15) is 18.5 Å². The van der Waals surface area contributed by atoms with Crippen LogP contribution >= 0.6 is 0 Å². The van der Waals surface area contributed by atoms with Crippen molar-refractivity contribution >= 4 is 33.7 Å². The van der Waals surface area contributed by atoms with Crippen molar-refractivity contribution in [1.82, 2.24) is 9.55 Å². The number of imidazole rings is 1. The zero-order valence-corrected chi connectivity index (χ0v) is 17.5. The number of benzene rings is 3. The molecule has 3 aromatic carbocycles. The Hall–Kier alpha value is -3.64. The van der Waals surface area contributed by atoms with Gasteiger partial charge in [0.15, 0.2) is 0 Å². The van der Waals surface area contributed by atoms with E-state index in [4.69, 9.17) is 14.5 Å². The Morgan fingerprint density at radius 3 is 2.68 bits per heavy atom. The molecule has 31 heavy (non-hydrogen) atoms. The van der Waals surface area contributed by atoms with Crippen LogP contribution in [0.3, 0.4) is 0 Å². The molecule has 6 heteroatoms. The molecule has 0 saturated carbocycles. The van der Waals surface area contributed by atoms with Gasteiger partial charge in [-0.1, -0.05) is 54.6 Å². The van der Waals surface area contributed by atoms with Crippen LogP contribution in [0.2, 0.25) is 0 Å². The number of para-hydroxylation sites is 2. The first kappa shape index (κ1) is 19.3. The number of rotatable bonds is 5. The molecular formula is C25H23N3O3. The monoisotopic (exact) mass is 413 g/mol. The summed E-state index contributed by atoms with van der Waals surface area (Å²) < 4.78 is 12.7. The SMILES string of the molecule is COCCOC(=O)C1=C(C)Nc2nc3ccccc3n2C1c1cccc2ccccc12. The molecule has 0 aliphatic carbocycles. The topological polar surface area (TPSA) is 65.4 Å². The first-order valence-corrected chi connectivity index (χ1v) is 10.3. The minimum absolute atomic E-state index is 0.200. The number of allylic oxidation sites excluding steroid dienone is 1. The van der Waals surface area contributed by atoms with Gasteiger partial charge in [-0.2, -0.15) is 0 Å². The fourth-order valence-corrected chi connectivity index (χ4v) is 4.31. The van der Waals surface area contributed by atoms with Crippen LogP contribution in [0.4, 0.5) is 5.95 Å². The summed E-state index contributed by atoms with van der Waals surface area (Å²) in [7, 11) is 1.59. The third kappa shape index (κ3) is 3.25. The summed E-state index contributed by atoms with van der Waals surface area (Å²) in [6, 6.07) is 22.0. The van der Waals surface area contributed by atoms with E-state index in [2.05, 4.69) is 34.1 Å². The highest BCUT2D eigenvalue weighted by molar-refractivity contribution is 5.96. The number of carbonyl (C=O) groups excluding carboxylic acids is 1. The molecule has 6 nitrogen and oxygen atoms in total. The maximum absolute atomic E-state index is 13.3. The zero-order chi connectivity index (χ0) is 21.4. The zero-order valence-electron chi connectivity index (χ0n) is 17.5. The largest absolute Gasteiger partial charge is 0.460 e. The van der Waals surface area contributed by atoms with Gasteiger partial charge in [0.05, 0.1) is 29.3 Å². The Balaban J connectivity index is 1.75. The smallest absolute Gasteiger partial charge is 0.338 e. The average molecular weight is 413 g/mol. The summed E-state index contributed by atoms with van der Waals surface area (Å²) in [5.74, 6) is 0.355. The van der Waals surface area contributed by atoms with E-state index >= 15 is 0 Å². The van der Waals surface area contributed by atoms with Crippen molar-refractivity contribution in [2.45, 2.75) is 13.0 Å². The predicted octanol–water partition coefficient (Wildman–Crippen LogP) is 4.67. The maximum atomic E-state index is 13.3. The van der Waals surface area contributed by atoms with E-state index in [1.807, 2.05) is 49.4 Å². The second-order valence-electron chi connectivity index (χ2n) is 7.56. The lowest BCUT2D eigenvalue weighted by Crippen LogP contribution is -2.29. The van der Waals surface area contributed by atoms with Crippen LogP contribution in [-0.2, 0) is 14.3 Å². The number of carbonyl (C=O) groups is 1. The number of hydrogen-bond donors (Lipinski definition) is 1. The Labute approximate surface area is 180 Å². The van der Waals surface area contributed by atoms with Gasteiger partial charge in [-0.25, -0.2) is 9.78 Å². The van der Waals surface area contributed by atoms with Gasteiger partial charge in [-0.05, 0) is 35.4 Å². The van der Waals surface area contributed by atoms with E-state index < -0.39 is 0 Å². The highest BCUT2D eigenvalue weighted by atomic mass is 16.6. The fourth-order valence-electron chi connectivity index (χ4n) is 4.31. The molecule has 1 aliphatic heterocycles. The summed E-state index contributed by atoms with van der Waals surface area (Å²) in [5, 5.41) is 5.53. The first-order valence-electron chi connectivity index (χ1n) is 10.3. The van der Waals surface area contributed by atoms with Gasteiger partial charge in [0.2, 0.25) is 5.95 Å². The van der Waals surface area contributed by atoms with E-state index in [-0.39, 0.29) is 18.6 Å². The van der Waals surface area contributed by atoms with Crippen molar-refractivity contribution in [3.8, 4) is 0 Å². The summed E-state index contributed by atoms with van der Waals surface area (Å²) in [6.07, 6.45) is 0. The number of nitrogens with one attached hydrogen (secondary N) is 1. The number of aromatic nitrogens is 2. The van der Waals surface area contributed by atoms with Crippen molar-refractivity contribution in [2.75, 3.05) is 25.6 Å². The summed E-state index contributed by atoms with van der Waals surface area (Å²) >= 11 is 0. The van der Waals surface area contributed by atoms with Gasteiger partial charge in [-0.3, -0.25) is 4.57 Å². The number of fused-ring (bicyclic) bond motifs is 4.